The molecule has 2 rings (SSSR count). The maximum Gasteiger partial charge on any atom is 0.289 e. The summed E-state index contributed by atoms with van der Waals surface area (Å²) in [5.74, 6) is -1.09. The van der Waals surface area contributed by atoms with Crippen molar-refractivity contribution < 1.29 is 9.18 Å². The highest BCUT2D eigenvalue weighted by molar-refractivity contribution is 9.13. The Bertz CT molecular complexity index is 759. The minimum absolute atomic E-state index is 0.107. The van der Waals surface area contributed by atoms with Crippen LogP contribution in [0.15, 0.2) is 31.5 Å². The van der Waals surface area contributed by atoms with E-state index in [4.69, 9.17) is 23.2 Å². The monoisotopic (exact) mass is 503 g/mol. The van der Waals surface area contributed by atoms with Crippen LogP contribution in [0.3, 0.4) is 0 Å². The molecule has 0 unspecified atom stereocenters. The van der Waals surface area contributed by atoms with Gasteiger partial charge in [-0.1, -0.05) is 29.3 Å². The molecular weight excluding hydrogens is 500 g/mol. The summed E-state index contributed by atoms with van der Waals surface area (Å²) >= 11 is 20.9. The molecule has 1 amide bonds. The molecule has 0 spiro atoms. The molecule has 1 aromatic carbocycles. The number of amides is 1. The maximum atomic E-state index is 14.0. The predicted octanol–water partition coefficient (Wildman–Crippen LogP) is 6.67. The van der Waals surface area contributed by atoms with Gasteiger partial charge in [0.2, 0.25) is 0 Å². The molecule has 0 fully saturated rings. The molecule has 0 radical (unpaired) electrons. The molecule has 0 aliphatic rings. The molecule has 0 aliphatic carbocycles. The second-order valence-electron chi connectivity index (χ2n) is 3.86. The van der Waals surface area contributed by atoms with Crippen LogP contribution in [0.2, 0.25) is 10.0 Å². The second-order valence-corrected chi connectivity index (χ2v) is 8.57. The number of benzene rings is 1. The van der Waals surface area contributed by atoms with Crippen LogP contribution in [0.4, 0.5) is 4.39 Å². The summed E-state index contributed by atoms with van der Waals surface area (Å²) in [6.07, 6.45) is 1.69. The van der Waals surface area contributed by atoms with Crippen molar-refractivity contribution in [1.82, 2.24) is 0 Å². The van der Waals surface area contributed by atoms with Crippen LogP contribution in [0, 0.1) is 5.82 Å². The number of carbonyl (C=O) groups is 1. The van der Waals surface area contributed by atoms with Crippen molar-refractivity contribution in [3.63, 3.8) is 0 Å². The van der Waals surface area contributed by atoms with Crippen LogP contribution >= 0.6 is 78.2 Å². The fourth-order valence-corrected chi connectivity index (χ4v) is 4.86. The highest BCUT2D eigenvalue weighted by Gasteiger charge is 2.21. The fourth-order valence-electron chi connectivity index (χ4n) is 1.55. The maximum absolute atomic E-state index is 14.0. The first-order valence-corrected chi connectivity index (χ1v) is 9.99. The number of nitrogens with zero attached hydrogens (tertiary/aromatic N) is 1. The third-order valence-electron chi connectivity index (χ3n) is 2.52. The molecule has 1 heterocycles. The van der Waals surface area contributed by atoms with Gasteiger partial charge >= 0.3 is 0 Å². The molecule has 0 bridgehead atoms. The van der Waals surface area contributed by atoms with E-state index in [-0.39, 0.29) is 25.5 Å². The van der Waals surface area contributed by atoms with E-state index in [0.717, 1.165) is 23.1 Å². The van der Waals surface area contributed by atoms with Crippen molar-refractivity contribution in [2.24, 2.45) is 4.99 Å². The summed E-state index contributed by atoms with van der Waals surface area (Å²) in [6, 6.07) is 4.30. The zero-order chi connectivity index (χ0) is 16.4. The van der Waals surface area contributed by atoms with E-state index in [0.29, 0.717) is 8.26 Å². The van der Waals surface area contributed by atoms with E-state index in [1.54, 1.807) is 12.3 Å². The number of hydrogen-bond donors (Lipinski definition) is 0. The van der Waals surface area contributed by atoms with Gasteiger partial charge in [-0.25, -0.2) is 9.38 Å². The Morgan fingerprint density at radius 2 is 2.05 bits per heavy atom. The number of thioether (sulfide) groups is 1. The van der Waals surface area contributed by atoms with Gasteiger partial charge in [0.1, 0.15) is 15.7 Å². The van der Waals surface area contributed by atoms with E-state index in [1.807, 2.05) is 0 Å². The lowest BCUT2D eigenvalue weighted by molar-refractivity contribution is 0.101. The zero-order valence-corrected chi connectivity index (χ0v) is 17.1. The summed E-state index contributed by atoms with van der Waals surface area (Å²) in [6.45, 7) is 0. The highest BCUT2D eigenvalue weighted by Crippen LogP contribution is 2.41. The number of halogens is 5. The second kappa shape index (κ2) is 7.77. The average Bonchev–Trinajstić information content (AvgIpc) is 2.73. The summed E-state index contributed by atoms with van der Waals surface area (Å²) in [5, 5.41) is 0.663. The number of hydrogen-bond acceptors (Lipinski definition) is 3. The van der Waals surface area contributed by atoms with E-state index in [9.17, 15) is 9.18 Å². The molecule has 0 atom stereocenters. The summed E-state index contributed by atoms with van der Waals surface area (Å²) < 4.78 is 15.2. The SMILES string of the molecule is CSC(=NC(=O)c1sc(Br)c(Br)c1Cl)c1c(F)cccc1Cl. The summed E-state index contributed by atoms with van der Waals surface area (Å²) in [7, 11) is 0. The first-order chi connectivity index (χ1) is 10.4. The molecule has 1 aromatic heterocycles. The Morgan fingerprint density at radius 1 is 1.36 bits per heavy atom. The Hall–Kier alpha value is 0.0800. The van der Waals surface area contributed by atoms with Gasteiger partial charge in [0, 0.05) is 0 Å². The standard InChI is InChI=1S/C13H6Br2Cl2FNOS2/c1-21-13(7-5(16)3-2-4-6(7)18)19-12(20)10-9(17)8(14)11(15)22-10/h2-4H,1H3. The first kappa shape index (κ1) is 18.4. The van der Waals surface area contributed by atoms with E-state index >= 15 is 0 Å². The molecule has 22 heavy (non-hydrogen) atoms. The zero-order valence-electron chi connectivity index (χ0n) is 10.8. The van der Waals surface area contributed by atoms with E-state index in [1.165, 1.54) is 12.1 Å². The molecular formula is C13H6Br2Cl2FNOS2. The molecule has 9 heteroatoms. The lowest BCUT2D eigenvalue weighted by atomic mass is 10.2. The van der Waals surface area contributed by atoms with E-state index < -0.39 is 11.7 Å². The third kappa shape index (κ3) is 3.76. The van der Waals surface area contributed by atoms with Crippen molar-refractivity contribution in [1.29, 1.82) is 0 Å². The van der Waals surface area contributed by atoms with Gasteiger partial charge in [0.15, 0.2) is 0 Å². The van der Waals surface area contributed by atoms with Crippen LogP contribution in [0.25, 0.3) is 0 Å². The Morgan fingerprint density at radius 3 is 2.55 bits per heavy atom. The lowest BCUT2D eigenvalue weighted by Crippen LogP contribution is -2.04. The van der Waals surface area contributed by atoms with Crippen LogP contribution in [0.5, 0.6) is 0 Å². The molecule has 0 aliphatic heterocycles. The lowest BCUT2D eigenvalue weighted by Gasteiger charge is -2.06. The molecule has 0 saturated carbocycles. The third-order valence-corrected chi connectivity index (χ3v) is 7.67. The minimum Gasteiger partial charge on any atom is -0.266 e. The number of thiophene rings is 1. The molecule has 0 saturated heterocycles. The predicted molar refractivity (Wildman–Crippen MR) is 101 cm³/mol. The number of aliphatic imine (C=N–C) groups is 1. The first-order valence-electron chi connectivity index (χ1n) is 5.61. The highest BCUT2D eigenvalue weighted by atomic mass is 79.9. The van der Waals surface area contributed by atoms with Gasteiger partial charge in [-0.15, -0.1) is 23.1 Å². The number of rotatable bonds is 2. The fraction of sp³-hybridized carbons (Fsp3) is 0.0769. The molecule has 0 N–H and O–H groups in total. The summed E-state index contributed by atoms with van der Waals surface area (Å²) in [5.41, 5.74) is 0.107. The van der Waals surface area contributed by atoms with Crippen molar-refractivity contribution in [2.75, 3.05) is 6.26 Å². The van der Waals surface area contributed by atoms with Crippen molar-refractivity contribution >= 4 is 89.1 Å². The Balaban J connectivity index is 2.49. The summed E-state index contributed by atoms with van der Waals surface area (Å²) in [4.78, 5) is 16.6. The normalized spacial score (nSPS) is 11.8. The smallest absolute Gasteiger partial charge is 0.266 e. The average molecular weight is 506 g/mol. The van der Waals surface area contributed by atoms with Crippen LogP contribution < -0.4 is 0 Å². The van der Waals surface area contributed by atoms with Crippen molar-refractivity contribution in [3.05, 3.63) is 52.8 Å². The van der Waals surface area contributed by atoms with Gasteiger partial charge < -0.3 is 0 Å². The molecule has 2 nitrogen and oxygen atoms in total. The Labute approximate surface area is 161 Å². The molecule has 2 aromatic rings. The van der Waals surface area contributed by atoms with Crippen molar-refractivity contribution in [2.45, 2.75) is 0 Å². The topological polar surface area (TPSA) is 29.4 Å². The van der Waals surface area contributed by atoms with Crippen LogP contribution in [-0.2, 0) is 0 Å². The van der Waals surface area contributed by atoms with Gasteiger partial charge in [-0.2, -0.15) is 0 Å². The van der Waals surface area contributed by atoms with E-state index in [2.05, 4.69) is 36.9 Å². The van der Waals surface area contributed by atoms with Gasteiger partial charge in [-0.3, -0.25) is 4.79 Å². The van der Waals surface area contributed by atoms with Gasteiger partial charge in [0.25, 0.3) is 5.91 Å². The largest absolute Gasteiger partial charge is 0.289 e. The van der Waals surface area contributed by atoms with Crippen LogP contribution in [-0.4, -0.2) is 17.2 Å². The molecule has 116 valence electrons. The van der Waals surface area contributed by atoms with Crippen LogP contribution in [0.1, 0.15) is 15.2 Å². The number of carbonyl (C=O) groups excluding carboxylic acids is 1. The van der Waals surface area contributed by atoms with Crippen molar-refractivity contribution in [3.8, 4) is 0 Å². The quantitative estimate of drug-likeness (QED) is 0.337. The minimum atomic E-state index is -0.551. The van der Waals surface area contributed by atoms with Gasteiger partial charge in [-0.05, 0) is 50.2 Å². The Kier molecular flexibility index (Phi) is 6.50. The van der Waals surface area contributed by atoms with Gasteiger partial charge in [0.05, 0.1) is 23.9 Å².